The third-order valence-electron chi connectivity index (χ3n) is 2.27. The minimum Gasteiger partial charge on any atom is -0.305 e. The van der Waals surface area contributed by atoms with Gasteiger partial charge >= 0.3 is 0 Å². The molecular formula is C11H14F3N. The Morgan fingerprint density at radius 3 is 2.53 bits per heavy atom. The van der Waals surface area contributed by atoms with Crippen molar-refractivity contribution in [1.82, 2.24) is 5.32 Å². The molecule has 1 nitrogen and oxygen atoms in total. The maximum Gasteiger partial charge on any atom is 0.250 e. The van der Waals surface area contributed by atoms with E-state index >= 15 is 0 Å². The summed E-state index contributed by atoms with van der Waals surface area (Å²) in [6.45, 7) is 3.01. The first-order chi connectivity index (χ1) is 7.00. The fraction of sp³-hybridized carbons (Fsp3) is 0.455. The summed E-state index contributed by atoms with van der Waals surface area (Å²) in [6.07, 6.45) is -2.39. The fourth-order valence-corrected chi connectivity index (χ4v) is 1.26. The zero-order valence-electron chi connectivity index (χ0n) is 8.73. The van der Waals surface area contributed by atoms with Crippen molar-refractivity contribution in [3.8, 4) is 0 Å². The molecule has 1 unspecified atom stereocenters. The molecule has 0 bridgehead atoms. The van der Waals surface area contributed by atoms with Crippen molar-refractivity contribution >= 4 is 0 Å². The van der Waals surface area contributed by atoms with Crippen LogP contribution in [-0.4, -0.2) is 13.0 Å². The van der Waals surface area contributed by atoms with E-state index in [2.05, 4.69) is 5.32 Å². The number of rotatable bonds is 4. The van der Waals surface area contributed by atoms with Gasteiger partial charge in [0.05, 0.1) is 6.54 Å². The highest BCUT2D eigenvalue weighted by Gasteiger charge is 2.09. The molecule has 1 atom stereocenters. The number of benzene rings is 1. The summed E-state index contributed by atoms with van der Waals surface area (Å²) in [5.41, 5.74) is 1.23. The van der Waals surface area contributed by atoms with Gasteiger partial charge in [0.1, 0.15) is 5.82 Å². The number of aryl methyl sites for hydroxylation is 1. The Kier molecular flexibility index (Phi) is 4.15. The average molecular weight is 217 g/mol. The quantitative estimate of drug-likeness (QED) is 0.817. The zero-order valence-corrected chi connectivity index (χ0v) is 8.73. The first kappa shape index (κ1) is 12.0. The molecular weight excluding hydrogens is 203 g/mol. The minimum atomic E-state index is -2.39. The van der Waals surface area contributed by atoms with Crippen LogP contribution >= 0.6 is 0 Å². The van der Waals surface area contributed by atoms with Crippen molar-refractivity contribution < 1.29 is 13.2 Å². The van der Waals surface area contributed by atoms with Gasteiger partial charge in [0, 0.05) is 6.04 Å². The number of hydrogen-bond acceptors (Lipinski definition) is 1. The molecule has 4 heteroatoms. The predicted molar refractivity (Wildman–Crippen MR) is 53.6 cm³/mol. The van der Waals surface area contributed by atoms with Crippen molar-refractivity contribution in [3.63, 3.8) is 0 Å². The van der Waals surface area contributed by atoms with Crippen LogP contribution < -0.4 is 5.32 Å². The van der Waals surface area contributed by atoms with E-state index in [1.165, 1.54) is 6.07 Å². The van der Waals surface area contributed by atoms with Crippen LogP contribution in [0.15, 0.2) is 18.2 Å². The Morgan fingerprint density at radius 1 is 1.33 bits per heavy atom. The lowest BCUT2D eigenvalue weighted by Crippen LogP contribution is -2.24. The van der Waals surface area contributed by atoms with E-state index in [4.69, 9.17) is 0 Å². The SMILES string of the molecule is Cc1ccc(C(C)NCC(F)F)cc1F. The fourth-order valence-electron chi connectivity index (χ4n) is 1.26. The molecule has 1 aromatic rings. The highest BCUT2D eigenvalue weighted by Crippen LogP contribution is 2.16. The van der Waals surface area contributed by atoms with Crippen molar-refractivity contribution in [2.24, 2.45) is 0 Å². The summed E-state index contributed by atoms with van der Waals surface area (Å²) in [4.78, 5) is 0. The highest BCUT2D eigenvalue weighted by atomic mass is 19.3. The van der Waals surface area contributed by atoms with Gasteiger partial charge in [-0.2, -0.15) is 0 Å². The predicted octanol–water partition coefficient (Wildman–Crippen LogP) is 3.05. The monoisotopic (exact) mass is 217 g/mol. The Labute approximate surface area is 87.3 Å². The second-order valence-electron chi connectivity index (χ2n) is 3.53. The lowest BCUT2D eigenvalue weighted by Gasteiger charge is -2.14. The third kappa shape index (κ3) is 3.55. The van der Waals surface area contributed by atoms with Gasteiger partial charge in [-0.05, 0) is 31.0 Å². The van der Waals surface area contributed by atoms with Crippen LogP contribution in [0.5, 0.6) is 0 Å². The molecule has 1 rings (SSSR count). The van der Waals surface area contributed by atoms with Crippen molar-refractivity contribution in [1.29, 1.82) is 0 Å². The van der Waals surface area contributed by atoms with E-state index in [9.17, 15) is 13.2 Å². The number of hydrogen-bond donors (Lipinski definition) is 1. The van der Waals surface area contributed by atoms with Crippen LogP contribution in [0, 0.1) is 12.7 Å². The summed E-state index contributed by atoms with van der Waals surface area (Å²) < 4.78 is 37.0. The van der Waals surface area contributed by atoms with Crippen LogP contribution in [0.1, 0.15) is 24.1 Å². The molecule has 84 valence electrons. The number of halogens is 3. The molecule has 0 radical (unpaired) electrons. The molecule has 15 heavy (non-hydrogen) atoms. The molecule has 1 aromatic carbocycles. The van der Waals surface area contributed by atoms with Gasteiger partial charge in [-0.3, -0.25) is 0 Å². The summed E-state index contributed by atoms with van der Waals surface area (Å²) in [6, 6.07) is 4.49. The van der Waals surface area contributed by atoms with E-state index < -0.39 is 6.43 Å². The van der Waals surface area contributed by atoms with Crippen molar-refractivity contribution in [2.75, 3.05) is 6.54 Å². The summed E-state index contributed by atoms with van der Waals surface area (Å²) in [5.74, 6) is -0.307. The molecule has 0 saturated carbocycles. The molecule has 0 saturated heterocycles. The second kappa shape index (κ2) is 5.16. The molecule has 0 aliphatic rings. The van der Waals surface area contributed by atoms with Gasteiger partial charge in [0.25, 0.3) is 6.43 Å². The maximum absolute atomic E-state index is 13.2. The van der Waals surface area contributed by atoms with Gasteiger partial charge < -0.3 is 5.32 Å². The second-order valence-corrected chi connectivity index (χ2v) is 3.53. The topological polar surface area (TPSA) is 12.0 Å². The van der Waals surface area contributed by atoms with Crippen LogP contribution in [0.2, 0.25) is 0 Å². The third-order valence-corrected chi connectivity index (χ3v) is 2.27. The lowest BCUT2D eigenvalue weighted by molar-refractivity contribution is 0.142. The Balaban J connectivity index is 2.65. The van der Waals surface area contributed by atoms with E-state index in [-0.39, 0.29) is 18.4 Å². The van der Waals surface area contributed by atoms with E-state index in [0.29, 0.717) is 11.1 Å². The van der Waals surface area contributed by atoms with Gasteiger partial charge in [-0.25, -0.2) is 13.2 Å². The lowest BCUT2D eigenvalue weighted by atomic mass is 10.1. The molecule has 0 amide bonds. The molecule has 0 fully saturated rings. The smallest absolute Gasteiger partial charge is 0.250 e. The molecule has 0 spiro atoms. The van der Waals surface area contributed by atoms with E-state index in [0.717, 1.165) is 0 Å². The van der Waals surface area contributed by atoms with Crippen LogP contribution in [0.25, 0.3) is 0 Å². The normalized spacial score (nSPS) is 13.2. The molecule has 0 heterocycles. The first-order valence-electron chi connectivity index (χ1n) is 4.78. The standard InChI is InChI=1S/C11H14F3N/c1-7-3-4-9(5-10(7)12)8(2)15-6-11(13)14/h3-5,8,11,15H,6H2,1-2H3. The van der Waals surface area contributed by atoms with Gasteiger partial charge in [0.2, 0.25) is 0 Å². The van der Waals surface area contributed by atoms with Crippen LogP contribution in [0.3, 0.4) is 0 Å². The van der Waals surface area contributed by atoms with Crippen molar-refractivity contribution in [2.45, 2.75) is 26.3 Å². The largest absolute Gasteiger partial charge is 0.305 e. The van der Waals surface area contributed by atoms with Crippen molar-refractivity contribution in [3.05, 3.63) is 35.1 Å². The zero-order chi connectivity index (χ0) is 11.4. The number of alkyl halides is 2. The minimum absolute atomic E-state index is 0.269. The Hall–Kier alpha value is -1.03. The Morgan fingerprint density at radius 2 is 2.00 bits per heavy atom. The molecule has 0 aliphatic heterocycles. The van der Waals surface area contributed by atoms with Gasteiger partial charge in [-0.15, -0.1) is 0 Å². The first-order valence-corrected chi connectivity index (χ1v) is 4.78. The van der Waals surface area contributed by atoms with Crippen LogP contribution in [-0.2, 0) is 0 Å². The van der Waals surface area contributed by atoms with E-state index in [1.54, 1.807) is 26.0 Å². The highest BCUT2D eigenvalue weighted by molar-refractivity contribution is 5.25. The summed E-state index contributed by atoms with van der Waals surface area (Å²) in [5, 5.41) is 2.63. The molecule has 1 N–H and O–H groups in total. The number of nitrogens with one attached hydrogen (secondary N) is 1. The average Bonchev–Trinajstić information content (AvgIpc) is 2.18. The van der Waals surface area contributed by atoms with Crippen LogP contribution in [0.4, 0.5) is 13.2 Å². The van der Waals surface area contributed by atoms with E-state index in [1.807, 2.05) is 0 Å². The van der Waals surface area contributed by atoms with Gasteiger partial charge in [-0.1, -0.05) is 12.1 Å². The summed E-state index contributed by atoms with van der Waals surface area (Å²) in [7, 11) is 0. The maximum atomic E-state index is 13.2. The molecule has 0 aromatic heterocycles. The summed E-state index contributed by atoms with van der Waals surface area (Å²) >= 11 is 0. The molecule has 0 aliphatic carbocycles. The Bertz CT molecular complexity index is 326. The van der Waals surface area contributed by atoms with Gasteiger partial charge in [0.15, 0.2) is 0 Å².